The Morgan fingerprint density at radius 3 is 3.12 bits per heavy atom. The molecule has 0 N–H and O–H groups in total. The lowest BCUT2D eigenvalue weighted by atomic mass is 10.3. The summed E-state index contributed by atoms with van der Waals surface area (Å²) in [6.07, 6.45) is 2.26. The fourth-order valence-electron chi connectivity index (χ4n) is 1.26. The van der Waals surface area contributed by atoms with Crippen molar-refractivity contribution in [3.05, 3.63) is 24.2 Å². The second-order valence-corrected chi connectivity index (χ2v) is 3.61. The van der Waals surface area contributed by atoms with Gasteiger partial charge in [0.05, 0.1) is 31.8 Å². The van der Waals surface area contributed by atoms with Crippen molar-refractivity contribution in [2.45, 2.75) is 19.4 Å². The summed E-state index contributed by atoms with van der Waals surface area (Å²) < 4.78 is 10.4. The minimum absolute atomic E-state index is 0.0142. The molecule has 1 heterocycles. The van der Waals surface area contributed by atoms with E-state index in [0.29, 0.717) is 32.6 Å². The highest BCUT2D eigenvalue weighted by Crippen LogP contribution is 2.02. The molecule has 0 saturated carbocycles. The highest BCUT2D eigenvalue weighted by molar-refractivity contribution is 5.75. The highest BCUT2D eigenvalue weighted by Gasteiger charge is 2.07. The zero-order valence-electron chi connectivity index (χ0n) is 9.89. The third kappa shape index (κ3) is 5.18. The summed E-state index contributed by atoms with van der Waals surface area (Å²) in [6, 6.07) is 5.61. The van der Waals surface area contributed by atoms with Crippen molar-refractivity contribution in [1.29, 1.82) is 5.26 Å². The van der Waals surface area contributed by atoms with Crippen LogP contribution in [0.3, 0.4) is 0 Å². The van der Waals surface area contributed by atoms with Crippen LogP contribution in [0.4, 0.5) is 0 Å². The lowest BCUT2D eigenvalue weighted by Crippen LogP contribution is -2.28. The molecule has 1 aromatic heterocycles. The second kappa shape index (κ2) is 7.47. The fourth-order valence-corrected chi connectivity index (χ4v) is 1.26. The Bertz CT molecular complexity index is 368. The van der Waals surface area contributed by atoms with Crippen LogP contribution in [-0.4, -0.2) is 31.0 Å². The van der Waals surface area contributed by atoms with Crippen LogP contribution in [0.1, 0.15) is 18.6 Å². The summed E-state index contributed by atoms with van der Waals surface area (Å²) in [4.78, 5) is 13.1. The van der Waals surface area contributed by atoms with E-state index in [1.54, 1.807) is 24.3 Å². The molecule has 0 unspecified atom stereocenters. The number of rotatable bonds is 7. The maximum absolute atomic E-state index is 11.5. The standard InChI is InChI=1S/C12H16N2O3/c1-14(7-3-6-13)12(15)5-9-16-10-11-4-2-8-17-11/h2,4,8H,3,5,7,9-10H2,1H3. The van der Waals surface area contributed by atoms with E-state index in [1.165, 1.54) is 0 Å². The first-order chi connectivity index (χ1) is 8.24. The third-order valence-electron chi connectivity index (χ3n) is 2.27. The summed E-state index contributed by atoms with van der Waals surface area (Å²) in [7, 11) is 1.69. The van der Waals surface area contributed by atoms with Gasteiger partial charge in [0, 0.05) is 13.6 Å². The molecule has 1 amide bonds. The van der Waals surface area contributed by atoms with Gasteiger partial charge in [-0.25, -0.2) is 0 Å². The van der Waals surface area contributed by atoms with Crippen LogP contribution in [0.15, 0.2) is 22.8 Å². The molecule has 1 aromatic rings. The van der Waals surface area contributed by atoms with E-state index in [0.717, 1.165) is 5.76 Å². The quantitative estimate of drug-likeness (QED) is 0.674. The Kier molecular flexibility index (Phi) is 5.83. The number of nitrogens with zero attached hydrogens (tertiary/aromatic N) is 2. The summed E-state index contributed by atoms with van der Waals surface area (Å²) in [5.74, 6) is 0.731. The molecule has 1 rings (SSSR count). The van der Waals surface area contributed by atoms with Crippen molar-refractivity contribution in [3.63, 3.8) is 0 Å². The molecule has 0 atom stereocenters. The molecule has 0 spiro atoms. The van der Waals surface area contributed by atoms with Crippen molar-refractivity contribution in [2.75, 3.05) is 20.2 Å². The lowest BCUT2D eigenvalue weighted by Gasteiger charge is -2.14. The molecule has 0 bridgehead atoms. The van der Waals surface area contributed by atoms with Crippen molar-refractivity contribution in [3.8, 4) is 6.07 Å². The summed E-state index contributed by atoms with van der Waals surface area (Å²) in [5, 5.41) is 8.39. The van der Waals surface area contributed by atoms with E-state index >= 15 is 0 Å². The first-order valence-electron chi connectivity index (χ1n) is 5.45. The maximum atomic E-state index is 11.5. The van der Waals surface area contributed by atoms with Crippen LogP contribution in [-0.2, 0) is 16.1 Å². The van der Waals surface area contributed by atoms with Crippen LogP contribution in [0, 0.1) is 11.3 Å². The van der Waals surface area contributed by atoms with Gasteiger partial charge in [-0.3, -0.25) is 4.79 Å². The molecule has 17 heavy (non-hydrogen) atoms. The molecule has 0 aliphatic carbocycles. The van der Waals surface area contributed by atoms with Crippen molar-refractivity contribution >= 4 is 5.91 Å². The van der Waals surface area contributed by atoms with Gasteiger partial charge < -0.3 is 14.1 Å². The Balaban J connectivity index is 2.09. The maximum Gasteiger partial charge on any atom is 0.224 e. The topological polar surface area (TPSA) is 66.5 Å². The first-order valence-corrected chi connectivity index (χ1v) is 5.45. The summed E-state index contributed by atoms with van der Waals surface area (Å²) in [6.45, 7) is 1.20. The van der Waals surface area contributed by atoms with Gasteiger partial charge in [0.1, 0.15) is 12.4 Å². The normalized spacial score (nSPS) is 9.88. The van der Waals surface area contributed by atoms with Crippen LogP contribution in [0.25, 0.3) is 0 Å². The Labute approximate surface area is 101 Å². The van der Waals surface area contributed by atoms with Gasteiger partial charge in [-0.15, -0.1) is 0 Å². The van der Waals surface area contributed by atoms with Gasteiger partial charge >= 0.3 is 0 Å². The zero-order valence-corrected chi connectivity index (χ0v) is 9.89. The average molecular weight is 236 g/mol. The van der Waals surface area contributed by atoms with E-state index in [9.17, 15) is 4.79 Å². The Morgan fingerprint density at radius 1 is 1.65 bits per heavy atom. The van der Waals surface area contributed by atoms with E-state index in [2.05, 4.69) is 0 Å². The predicted molar refractivity (Wildman–Crippen MR) is 60.8 cm³/mol. The number of hydrogen-bond acceptors (Lipinski definition) is 4. The largest absolute Gasteiger partial charge is 0.467 e. The predicted octanol–water partition coefficient (Wildman–Crippen LogP) is 1.56. The molecule has 5 nitrogen and oxygen atoms in total. The molecule has 0 aliphatic rings. The second-order valence-electron chi connectivity index (χ2n) is 3.61. The van der Waals surface area contributed by atoms with Gasteiger partial charge in [0.2, 0.25) is 5.91 Å². The highest BCUT2D eigenvalue weighted by atomic mass is 16.5. The van der Waals surface area contributed by atoms with E-state index in [-0.39, 0.29) is 5.91 Å². The van der Waals surface area contributed by atoms with Crippen molar-refractivity contribution < 1.29 is 13.9 Å². The molecule has 0 fully saturated rings. The van der Waals surface area contributed by atoms with Gasteiger partial charge in [0.25, 0.3) is 0 Å². The minimum Gasteiger partial charge on any atom is -0.467 e. The number of carbonyl (C=O) groups is 1. The average Bonchev–Trinajstić information content (AvgIpc) is 2.84. The number of hydrogen-bond donors (Lipinski definition) is 0. The first kappa shape index (κ1) is 13.3. The number of nitriles is 1. The fraction of sp³-hybridized carbons (Fsp3) is 0.500. The van der Waals surface area contributed by atoms with Crippen molar-refractivity contribution in [2.24, 2.45) is 0 Å². The molecular weight excluding hydrogens is 220 g/mol. The van der Waals surface area contributed by atoms with E-state index in [1.807, 2.05) is 12.1 Å². The third-order valence-corrected chi connectivity index (χ3v) is 2.27. The number of amides is 1. The molecule has 0 saturated heterocycles. The number of ether oxygens (including phenoxy) is 1. The smallest absolute Gasteiger partial charge is 0.224 e. The SMILES string of the molecule is CN(CCC#N)C(=O)CCOCc1ccco1. The zero-order chi connectivity index (χ0) is 12.5. The van der Waals surface area contributed by atoms with Crippen LogP contribution < -0.4 is 0 Å². The van der Waals surface area contributed by atoms with Crippen LogP contribution >= 0.6 is 0 Å². The van der Waals surface area contributed by atoms with E-state index < -0.39 is 0 Å². The Hall–Kier alpha value is -1.80. The summed E-state index contributed by atoms with van der Waals surface area (Å²) >= 11 is 0. The van der Waals surface area contributed by atoms with Crippen molar-refractivity contribution in [1.82, 2.24) is 4.90 Å². The molecule has 0 aromatic carbocycles. The molecule has 92 valence electrons. The monoisotopic (exact) mass is 236 g/mol. The minimum atomic E-state index is -0.0142. The van der Waals surface area contributed by atoms with Gasteiger partial charge in [-0.05, 0) is 12.1 Å². The number of carbonyl (C=O) groups excluding carboxylic acids is 1. The summed E-state index contributed by atoms with van der Waals surface area (Å²) in [5.41, 5.74) is 0. The van der Waals surface area contributed by atoms with E-state index in [4.69, 9.17) is 14.4 Å². The molecule has 0 radical (unpaired) electrons. The van der Waals surface area contributed by atoms with Crippen LogP contribution in [0.5, 0.6) is 0 Å². The number of furan rings is 1. The molecule has 5 heteroatoms. The lowest BCUT2D eigenvalue weighted by molar-refractivity contribution is -0.131. The van der Waals surface area contributed by atoms with Gasteiger partial charge in [-0.2, -0.15) is 5.26 Å². The van der Waals surface area contributed by atoms with Gasteiger partial charge in [-0.1, -0.05) is 0 Å². The van der Waals surface area contributed by atoms with Gasteiger partial charge in [0.15, 0.2) is 0 Å². The van der Waals surface area contributed by atoms with Crippen LogP contribution in [0.2, 0.25) is 0 Å². The molecular formula is C12H16N2O3. The molecule has 0 aliphatic heterocycles. The Morgan fingerprint density at radius 2 is 2.47 bits per heavy atom.